The molecule has 2 aromatic carbocycles. The lowest BCUT2D eigenvalue weighted by atomic mass is 10.3. The zero-order chi connectivity index (χ0) is 14.4. The molecule has 2 rings (SSSR count). The van der Waals surface area contributed by atoms with Gasteiger partial charge in [-0.3, -0.25) is 4.79 Å². The van der Waals surface area contributed by atoms with Gasteiger partial charge in [0.15, 0.2) is 0 Å². The number of amides is 1. The monoisotopic (exact) mass is 382 g/mol. The molecule has 0 unspecified atom stereocenters. The van der Waals surface area contributed by atoms with E-state index in [1.807, 2.05) is 36.4 Å². The fraction of sp³-hybridized carbons (Fsp3) is 0.133. The first-order chi connectivity index (χ1) is 9.65. The van der Waals surface area contributed by atoms with E-state index in [0.717, 1.165) is 9.26 Å². The molecule has 20 heavy (non-hydrogen) atoms. The maximum Gasteiger partial charge on any atom is 0.227 e. The number of rotatable bonds is 5. The van der Waals surface area contributed by atoms with Gasteiger partial charge in [0.1, 0.15) is 5.75 Å². The lowest BCUT2D eigenvalue weighted by Gasteiger charge is -2.08. The summed E-state index contributed by atoms with van der Waals surface area (Å²) in [7, 11) is 0. The molecule has 0 fully saturated rings. The fourth-order valence-electron chi connectivity index (χ4n) is 1.64. The van der Waals surface area contributed by atoms with Crippen LogP contribution in [0.3, 0.4) is 0 Å². The zero-order valence-corrected chi connectivity index (χ0v) is 13.0. The van der Waals surface area contributed by atoms with E-state index in [1.54, 1.807) is 12.1 Å². The number of nitrogens with two attached hydrogens (primary N) is 1. The molecule has 0 saturated heterocycles. The van der Waals surface area contributed by atoms with Crippen LogP contribution >= 0.6 is 22.6 Å². The van der Waals surface area contributed by atoms with Crippen LogP contribution in [0, 0.1) is 3.57 Å². The Kier molecular flexibility index (Phi) is 5.23. The molecule has 5 heteroatoms. The Labute approximate surface area is 131 Å². The van der Waals surface area contributed by atoms with Crippen LogP contribution in [0.5, 0.6) is 5.75 Å². The lowest BCUT2D eigenvalue weighted by Crippen LogP contribution is -2.15. The molecule has 0 radical (unpaired) electrons. The minimum Gasteiger partial charge on any atom is -0.493 e. The number of carbonyl (C=O) groups excluding carboxylic acids is 1. The Balaban J connectivity index is 1.80. The Morgan fingerprint density at radius 1 is 1.20 bits per heavy atom. The number of para-hydroxylation sites is 1. The quantitative estimate of drug-likeness (QED) is 0.616. The number of hydrogen-bond donors (Lipinski definition) is 2. The molecule has 0 atom stereocenters. The van der Waals surface area contributed by atoms with Crippen LogP contribution in [0.25, 0.3) is 0 Å². The molecule has 1 amide bonds. The summed E-state index contributed by atoms with van der Waals surface area (Å²) in [4.78, 5) is 11.8. The first-order valence-corrected chi connectivity index (χ1v) is 7.26. The number of nitrogens with one attached hydrogen (secondary N) is 1. The number of carbonyl (C=O) groups is 1. The van der Waals surface area contributed by atoms with Crippen molar-refractivity contribution in [1.82, 2.24) is 0 Å². The van der Waals surface area contributed by atoms with Crippen LogP contribution < -0.4 is 15.8 Å². The van der Waals surface area contributed by atoms with Gasteiger partial charge >= 0.3 is 0 Å². The third-order valence-electron chi connectivity index (χ3n) is 2.60. The molecule has 3 N–H and O–H groups in total. The van der Waals surface area contributed by atoms with Gasteiger partial charge in [-0.05, 0) is 46.9 Å². The van der Waals surface area contributed by atoms with Gasteiger partial charge in [-0.15, -0.1) is 0 Å². The summed E-state index contributed by atoms with van der Waals surface area (Å²) >= 11 is 2.18. The second-order valence-corrected chi connectivity index (χ2v) is 5.36. The van der Waals surface area contributed by atoms with E-state index < -0.39 is 0 Å². The van der Waals surface area contributed by atoms with E-state index in [-0.39, 0.29) is 5.91 Å². The number of benzene rings is 2. The highest BCUT2D eigenvalue weighted by Crippen LogP contribution is 2.17. The maximum absolute atomic E-state index is 11.8. The Morgan fingerprint density at radius 3 is 2.75 bits per heavy atom. The van der Waals surface area contributed by atoms with E-state index in [9.17, 15) is 4.79 Å². The van der Waals surface area contributed by atoms with Crippen molar-refractivity contribution in [2.45, 2.75) is 6.42 Å². The summed E-state index contributed by atoms with van der Waals surface area (Å²) in [5.74, 6) is 0.602. The minimum atomic E-state index is -0.0713. The SMILES string of the molecule is Nc1cccc(OCCC(=O)Nc2ccccc2I)c1. The van der Waals surface area contributed by atoms with Crippen LogP contribution in [-0.2, 0) is 4.79 Å². The number of halogens is 1. The summed E-state index contributed by atoms with van der Waals surface area (Å²) in [5, 5.41) is 2.86. The number of hydrogen-bond acceptors (Lipinski definition) is 3. The maximum atomic E-state index is 11.8. The lowest BCUT2D eigenvalue weighted by molar-refractivity contribution is -0.116. The summed E-state index contributed by atoms with van der Waals surface area (Å²) in [6, 6.07) is 14.8. The van der Waals surface area contributed by atoms with Gasteiger partial charge in [-0.2, -0.15) is 0 Å². The van der Waals surface area contributed by atoms with Crippen molar-refractivity contribution in [1.29, 1.82) is 0 Å². The molecular formula is C15H15IN2O2. The van der Waals surface area contributed by atoms with Crippen LogP contribution in [0.15, 0.2) is 48.5 Å². The molecule has 0 saturated carbocycles. The van der Waals surface area contributed by atoms with E-state index >= 15 is 0 Å². The van der Waals surface area contributed by atoms with Crippen LogP contribution in [-0.4, -0.2) is 12.5 Å². The summed E-state index contributed by atoms with van der Waals surface area (Å²) in [6.07, 6.45) is 0.291. The summed E-state index contributed by atoms with van der Waals surface area (Å²) in [5.41, 5.74) is 7.11. The average Bonchev–Trinajstić information content (AvgIpc) is 2.41. The van der Waals surface area contributed by atoms with Crippen molar-refractivity contribution in [3.8, 4) is 5.75 Å². The highest BCUT2D eigenvalue weighted by molar-refractivity contribution is 14.1. The molecule has 0 aromatic heterocycles. The molecule has 0 bridgehead atoms. The molecule has 0 heterocycles. The van der Waals surface area contributed by atoms with Crippen LogP contribution in [0.1, 0.15) is 6.42 Å². The van der Waals surface area contributed by atoms with Gasteiger partial charge in [0.25, 0.3) is 0 Å². The predicted octanol–water partition coefficient (Wildman–Crippen LogP) is 3.28. The normalized spacial score (nSPS) is 10.1. The van der Waals surface area contributed by atoms with E-state index in [2.05, 4.69) is 27.9 Å². The van der Waals surface area contributed by atoms with Gasteiger partial charge < -0.3 is 15.8 Å². The van der Waals surface area contributed by atoms with E-state index in [4.69, 9.17) is 10.5 Å². The van der Waals surface area contributed by atoms with Crippen LogP contribution in [0.2, 0.25) is 0 Å². The summed E-state index contributed by atoms with van der Waals surface area (Å²) < 4.78 is 6.49. The van der Waals surface area contributed by atoms with Crippen molar-refractivity contribution in [2.75, 3.05) is 17.7 Å². The standard InChI is InChI=1S/C15H15IN2O2/c16-13-6-1-2-7-14(13)18-15(19)8-9-20-12-5-3-4-11(17)10-12/h1-7,10H,8-9,17H2,(H,18,19). The van der Waals surface area contributed by atoms with Gasteiger partial charge in [-0.25, -0.2) is 0 Å². The average molecular weight is 382 g/mol. The van der Waals surface area contributed by atoms with E-state index in [0.29, 0.717) is 24.5 Å². The molecule has 0 aliphatic rings. The molecule has 4 nitrogen and oxygen atoms in total. The van der Waals surface area contributed by atoms with Crippen molar-refractivity contribution < 1.29 is 9.53 Å². The van der Waals surface area contributed by atoms with Crippen molar-refractivity contribution in [3.05, 3.63) is 52.1 Å². The number of ether oxygens (including phenoxy) is 1. The first-order valence-electron chi connectivity index (χ1n) is 6.18. The number of nitrogen functional groups attached to an aromatic ring is 1. The molecule has 0 spiro atoms. The topological polar surface area (TPSA) is 64.3 Å². The van der Waals surface area contributed by atoms with Gasteiger partial charge in [0, 0.05) is 15.3 Å². The van der Waals surface area contributed by atoms with Crippen molar-refractivity contribution >= 4 is 39.9 Å². The first kappa shape index (κ1) is 14.6. The third kappa shape index (κ3) is 4.41. The Hall–Kier alpha value is -1.76. The summed E-state index contributed by atoms with van der Waals surface area (Å²) in [6.45, 7) is 0.318. The second kappa shape index (κ2) is 7.14. The highest BCUT2D eigenvalue weighted by atomic mass is 127. The molecule has 104 valence electrons. The molecule has 0 aliphatic carbocycles. The zero-order valence-electron chi connectivity index (χ0n) is 10.8. The minimum absolute atomic E-state index is 0.0713. The van der Waals surface area contributed by atoms with E-state index in [1.165, 1.54) is 0 Å². The second-order valence-electron chi connectivity index (χ2n) is 4.20. The van der Waals surface area contributed by atoms with Gasteiger partial charge in [0.05, 0.1) is 18.7 Å². The van der Waals surface area contributed by atoms with Gasteiger partial charge in [-0.1, -0.05) is 18.2 Å². The predicted molar refractivity (Wildman–Crippen MR) is 88.8 cm³/mol. The highest BCUT2D eigenvalue weighted by Gasteiger charge is 2.05. The molecule has 2 aromatic rings. The third-order valence-corrected chi connectivity index (χ3v) is 3.54. The Morgan fingerprint density at radius 2 is 2.00 bits per heavy atom. The number of anilines is 2. The van der Waals surface area contributed by atoms with Crippen molar-refractivity contribution in [3.63, 3.8) is 0 Å². The fourth-order valence-corrected chi connectivity index (χ4v) is 2.16. The van der Waals surface area contributed by atoms with Gasteiger partial charge in [0.2, 0.25) is 5.91 Å². The largest absolute Gasteiger partial charge is 0.493 e. The molecular weight excluding hydrogens is 367 g/mol. The Bertz CT molecular complexity index is 602. The van der Waals surface area contributed by atoms with Crippen LogP contribution in [0.4, 0.5) is 11.4 Å². The smallest absolute Gasteiger partial charge is 0.227 e. The molecule has 0 aliphatic heterocycles. The van der Waals surface area contributed by atoms with Crippen molar-refractivity contribution in [2.24, 2.45) is 0 Å².